The van der Waals surface area contributed by atoms with Crippen molar-refractivity contribution >= 4 is 11.8 Å². The molecule has 1 atom stereocenters. The molecule has 0 radical (unpaired) electrons. The van der Waals surface area contributed by atoms with Crippen LogP contribution < -0.4 is 5.32 Å². The van der Waals surface area contributed by atoms with E-state index in [0.29, 0.717) is 13.2 Å². The predicted molar refractivity (Wildman–Crippen MR) is 74.9 cm³/mol. The maximum absolute atomic E-state index is 12.8. The zero-order valence-electron chi connectivity index (χ0n) is 12.2. The normalized spacial score (nSPS) is 22.0. The van der Waals surface area contributed by atoms with E-state index < -0.39 is 5.60 Å². The van der Waals surface area contributed by atoms with Crippen LogP contribution in [0.2, 0.25) is 0 Å². The van der Waals surface area contributed by atoms with Crippen LogP contribution in [0.4, 0.5) is 4.39 Å². The molecule has 0 saturated carbocycles. The molecule has 0 bridgehead atoms. The quantitative estimate of drug-likeness (QED) is 0.907. The number of amides is 2. The molecule has 2 amide bonds. The summed E-state index contributed by atoms with van der Waals surface area (Å²) in [6.07, 6.45) is 0. The van der Waals surface area contributed by atoms with Crippen LogP contribution >= 0.6 is 0 Å². The van der Waals surface area contributed by atoms with E-state index in [1.807, 2.05) is 0 Å². The zero-order valence-corrected chi connectivity index (χ0v) is 12.2. The Labute approximate surface area is 123 Å². The minimum atomic E-state index is -1.05. The first-order valence-corrected chi connectivity index (χ1v) is 6.83. The van der Waals surface area contributed by atoms with Crippen LogP contribution in [0.1, 0.15) is 19.4 Å². The lowest BCUT2D eigenvalue weighted by Gasteiger charge is -2.38. The number of rotatable bonds is 3. The summed E-state index contributed by atoms with van der Waals surface area (Å²) in [5.41, 5.74) is -0.253. The molecule has 1 N–H and O–H groups in total. The molecule has 0 aliphatic carbocycles. The highest BCUT2D eigenvalue weighted by Gasteiger charge is 2.39. The van der Waals surface area contributed by atoms with Crippen LogP contribution in [0.15, 0.2) is 24.3 Å². The number of benzene rings is 1. The summed E-state index contributed by atoms with van der Waals surface area (Å²) in [6, 6.07) is 5.92. The molecule has 1 heterocycles. The van der Waals surface area contributed by atoms with Crippen molar-refractivity contribution in [2.24, 2.45) is 0 Å². The van der Waals surface area contributed by atoms with Crippen molar-refractivity contribution in [2.75, 3.05) is 19.7 Å². The van der Waals surface area contributed by atoms with Gasteiger partial charge >= 0.3 is 0 Å². The molecular formula is C15H19FN2O3. The topological polar surface area (TPSA) is 58.6 Å². The Bertz CT molecular complexity index is 532. The molecule has 0 aromatic heterocycles. The Hall–Kier alpha value is -1.95. The fraction of sp³-hybridized carbons (Fsp3) is 0.467. The highest BCUT2D eigenvalue weighted by molar-refractivity contribution is 5.86. The number of hydrogen-bond donors (Lipinski definition) is 1. The third-order valence-corrected chi connectivity index (χ3v) is 3.57. The first-order chi connectivity index (χ1) is 9.90. The molecule has 1 fully saturated rings. The summed E-state index contributed by atoms with van der Waals surface area (Å²) in [6.45, 7) is 4.50. The van der Waals surface area contributed by atoms with Gasteiger partial charge in [-0.2, -0.15) is 0 Å². The molecular weight excluding hydrogens is 275 g/mol. The molecule has 1 aromatic rings. The molecule has 0 spiro atoms. The summed E-state index contributed by atoms with van der Waals surface area (Å²) in [5, 5.41) is 2.76. The van der Waals surface area contributed by atoms with E-state index in [2.05, 4.69) is 5.32 Å². The van der Waals surface area contributed by atoms with Gasteiger partial charge in [0.15, 0.2) is 5.60 Å². The molecule has 2 rings (SSSR count). The highest BCUT2D eigenvalue weighted by Crippen LogP contribution is 2.18. The third-order valence-electron chi connectivity index (χ3n) is 3.57. The number of nitrogens with one attached hydrogen (secondary N) is 1. The SMILES string of the molecule is CC(=O)N1CCO[C@@](C)(C(=O)NCc2ccc(F)cc2)C1. The van der Waals surface area contributed by atoms with Crippen molar-refractivity contribution in [3.8, 4) is 0 Å². The Morgan fingerprint density at radius 3 is 2.67 bits per heavy atom. The van der Waals surface area contributed by atoms with Crippen LogP contribution in [-0.2, 0) is 20.9 Å². The zero-order chi connectivity index (χ0) is 15.5. The fourth-order valence-electron chi connectivity index (χ4n) is 2.25. The van der Waals surface area contributed by atoms with Crippen LogP contribution in [0.5, 0.6) is 0 Å². The summed E-state index contributed by atoms with van der Waals surface area (Å²) in [4.78, 5) is 25.3. The lowest BCUT2D eigenvalue weighted by atomic mass is 10.0. The standard InChI is InChI=1S/C15H19FN2O3/c1-11(19)18-7-8-21-15(2,10-18)14(20)17-9-12-3-5-13(16)6-4-12/h3-6H,7-10H2,1-2H3,(H,17,20)/t15-/m1/s1. The van der Waals surface area contributed by atoms with Crippen LogP contribution in [-0.4, -0.2) is 42.0 Å². The van der Waals surface area contributed by atoms with E-state index in [0.717, 1.165) is 5.56 Å². The van der Waals surface area contributed by atoms with Crippen molar-refractivity contribution in [3.05, 3.63) is 35.6 Å². The molecule has 0 unspecified atom stereocenters. The molecule has 1 aromatic carbocycles. The summed E-state index contributed by atoms with van der Waals surface area (Å²) >= 11 is 0. The smallest absolute Gasteiger partial charge is 0.254 e. The number of hydrogen-bond acceptors (Lipinski definition) is 3. The number of halogens is 1. The second-order valence-corrected chi connectivity index (χ2v) is 5.33. The van der Waals surface area contributed by atoms with Gasteiger partial charge in [-0.05, 0) is 24.6 Å². The van der Waals surface area contributed by atoms with Gasteiger partial charge < -0.3 is 15.0 Å². The van der Waals surface area contributed by atoms with Gasteiger partial charge in [0.05, 0.1) is 13.2 Å². The number of morpholine rings is 1. The van der Waals surface area contributed by atoms with Crippen LogP contribution in [0.25, 0.3) is 0 Å². The minimum Gasteiger partial charge on any atom is -0.362 e. The van der Waals surface area contributed by atoms with Crippen molar-refractivity contribution in [1.82, 2.24) is 10.2 Å². The van der Waals surface area contributed by atoms with Gasteiger partial charge in [-0.1, -0.05) is 12.1 Å². The largest absolute Gasteiger partial charge is 0.362 e. The lowest BCUT2D eigenvalue weighted by molar-refractivity contribution is -0.162. The molecule has 1 aliphatic heterocycles. The van der Waals surface area contributed by atoms with Gasteiger partial charge in [0.25, 0.3) is 5.91 Å². The molecule has 1 aliphatic rings. The second kappa shape index (κ2) is 6.22. The van der Waals surface area contributed by atoms with Crippen molar-refractivity contribution in [2.45, 2.75) is 26.0 Å². The molecule has 21 heavy (non-hydrogen) atoms. The number of carbonyl (C=O) groups is 2. The Morgan fingerprint density at radius 1 is 1.38 bits per heavy atom. The predicted octanol–water partition coefficient (Wildman–Crippen LogP) is 1.08. The van der Waals surface area contributed by atoms with Gasteiger partial charge in [0, 0.05) is 20.0 Å². The summed E-state index contributed by atoms with van der Waals surface area (Å²) in [5.74, 6) is -0.668. The van der Waals surface area contributed by atoms with E-state index in [1.54, 1.807) is 24.0 Å². The highest BCUT2D eigenvalue weighted by atomic mass is 19.1. The maximum atomic E-state index is 12.8. The van der Waals surface area contributed by atoms with Gasteiger partial charge in [-0.3, -0.25) is 9.59 Å². The molecule has 114 valence electrons. The molecule has 5 nitrogen and oxygen atoms in total. The number of ether oxygens (including phenoxy) is 1. The van der Waals surface area contributed by atoms with E-state index in [9.17, 15) is 14.0 Å². The average Bonchev–Trinajstić information content (AvgIpc) is 2.46. The van der Waals surface area contributed by atoms with Crippen molar-refractivity contribution < 1.29 is 18.7 Å². The minimum absolute atomic E-state index is 0.0733. The second-order valence-electron chi connectivity index (χ2n) is 5.33. The van der Waals surface area contributed by atoms with Gasteiger partial charge in [-0.15, -0.1) is 0 Å². The van der Waals surface area contributed by atoms with Gasteiger partial charge in [0.1, 0.15) is 5.82 Å². The van der Waals surface area contributed by atoms with E-state index >= 15 is 0 Å². The summed E-state index contributed by atoms with van der Waals surface area (Å²) < 4.78 is 18.4. The monoisotopic (exact) mass is 294 g/mol. The van der Waals surface area contributed by atoms with Crippen LogP contribution in [0.3, 0.4) is 0 Å². The van der Waals surface area contributed by atoms with Crippen molar-refractivity contribution in [3.63, 3.8) is 0 Å². The Morgan fingerprint density at radius 2 is 2.05 bits per heavy atom. The van der Waals surface area contributed by atoms with E-state index in [-0.39, 0.29) is 30.7 Å². The lowest BCUT2D eigenvalue weighted by Crippen LogP contribution is -2.58. The Kier molecular flexibility index (Phi) is 4.57. The van der Waals surface area contributed by atoms with Gasteiger partial charge in [-0.25, -0.2) is 4.39 Å². The number of carbonyl (C=O) groups excluding carboxylic acids is 2. The third kappa shape index (κ3) is 3.78. The van der Waals surface area contributed by atoms with E-state index in [1.165, 1.54) is 19.1 Å². The fourth-order valence-corrected chi connectivity index (χ4v) is 2.25. The maximum Gasteiger partial charge on any atom is 0.254 e. The van der Waals surface area contributed by atoms with Crippen molar-refractivity contribution in [1.29, 1.82) is 0 Å². The summed E-state index contributed by atoms with van der Waals surface area (Å²) in [7, 11) is 0. The van der Waals surface area contributed by atoms with Crippen LogP contribution in [0, 0.1) is 5.82 Å². The molecule has 6 heteroatoms. The first kappa shape index (κ1) is 15.4. The number of nitrogens with zero attached hydrogens (tertiary/aromatic N) is 1. The average molecular weight is 294 g/mol. The Balaban J connectivity index is 1.95. The van der Waals surface area contributed by atoms with Gasteiger partial charge in [0.2, 0.25) is 5.91 Å². The van der Waals surface area contributed by atoms with E-state index in [4.69, 9.17) is 4.74 Å². The first-order valence-electron chi connectivity index (χ1n) is 6.83. The molecule has 1 saturated heterocycles.